The smallest absolute Gasteiger partial charge is 0.227 e. The van der Waals surface area contributed by atoms with Crippen LogP contribution in [-0.2, 0) is 17.8 Å². The first-order valence-corrected chi connectivity index (χ1v) is 7.24. The lowest BCUT2D eigenvalue weighted by Gasteiger charge is -2.23. The van der Waals surface area contributed by atoms with Crippen molar-refractivity contribution in [3.63, 3.8) is 0 Å². The summed E-state index contributed by atoms with van der Waals surface area (Å²) >= 11 is 0. The summed E-state index contributed by atoms with van der Waals surface area (Å²) in [6, 6.07) is 9.72. The van der Waals surface area contributed by atoms with E-state index in [1.807, 2.05) is 42.2 Å². The average Bonchev–Trinajstić information content (AvgIpc) is 2.61. The lowest BCUT2D eigenvalue weighted by Crippen LogP contribution is -2.30. The summed E-state index contributed by atoms with van der Waals surface area (Å²) in [5, 5.41) is 0. The molecule has 0 saturated heterocycles. The van der Waals surface area contributed by atoms with Gasteiger partial charge in [-0.1, -0.05) is 6.07 Å². The SMILES string of the molecule is Cc1cccnc1CN1C(=O)CCCc2cc(N)ccc21. The van der Waals surface area contributed by atoms with Crippen molar-refractivity contribution >= 4 is 17.3 Å². The van der Waals surface area contributed by atoms with E-state index in [0.717, 1.165) is 41.0 Å². The van der Waals surface area contributed by atoms with Gasteiger partial charge in [0.1, 0.15) is 0 Å². The maximum Gasteiger partial charge on any atom is 0.227 e. The summed E-state index contributed by atoms with van der Waals surface area (Å²) in [7, 11) is 0. The number of hydrogen-bond acceptors (Lipinski definition) is 3. The number of carbonyl (C=O) groups excluding carboxylic acids is 1. The van der Waals surface area contributed by atoms with Crippen LogP contribution in [-0.4, -0.2) is 10.9 Å². The first-order valence-electron chi connectivity index (χ1n) is 7.24. The Labute approximate surface area is 124 Å². The molecule has 0 radical (unpaired) electrons. The van der Waals surface area contributed by atoms with Crippen molar-refractivity contribution < 1.29 is 4.79 Å². The first-order chi connectivity index (χ1) is 10.1. The Bertz CT molecular complexity index is 681. The van der Waals surface area contributed by atoms with Gasteiger partial charge in [-0.05, 0) is 55.2 Å². The molecule has 1 aromatic heterocycles. The summed E-state index contributed by atoms with van der Waals surface area (Å²) in [5.74, 6) is 0.156. The first kappa shape index (κ1) is 13.6. The van der Waals surface area contributed by atoms with Crippen molar-refractivity contribution in [3.05, 3.63) is 53.3 Å². The van der Waals surface area contributed by atoms with Crippen molar-refractivity contribution in [2.45, 2.75) is 32.7 Å². The van der Waals surface area contributed by atoms with Crippen molar-refractivity contribution in [1.82, 2.24) is 4.98 Å². The Morgan fingerprint density at radius 3 is 2.95 bits per heavy atom. The number of nitrogen functional groups attached to an aromatic ring is 1. The molecule has 3 rings (SSSR count). The van der Waals surface area contributed by atoms with Gasteiger partial charge in [-0.25, -0.2) is 0 Å². The van der Waals surface area contributed by atoms with Gasteiger partial charge in [0.25, 0.3) is 0 Å². The van der Waals surface area contributed by atoms with Gasteiger partial charge >= 0.3 is 0 Å². The Hall–Kier alpha value is -2.36. The number of nitrogens with zero attached hydrogens (tertiary/aromatic N) is 2. The highest BCUT2D eigenvalue weighted by Crippen LogP contribution is 2.30. The molecule has 21 heavy (non-hydrogen) atoms. The molecule has 0 unspecified atom stereocenters. The van der Waals surface area contributed by atoms with Crippen LogP contribution in [0, 0.1) is 6.92 Å². The number of anilines is 2. The highest BCUT2D eigenvalue weighted by Gasteiger charge is 2.23. The number of pyridine rings is 1. The van der Waals surface area contributed by atoms with Gasteiger partial charge < -0.3 is 10.6 Å². The third kappa shape index (κ3) is 2.75. The van der Waals surface area contributed by atoms with E-state index < -0.39 is 0 Å². The molecule has 1 aliphatic heterocycles. The van der Waals surface area contributed by atoms with Gasteiger partial charge in [-0.3, -0.25) is 9.78 Å². The molecule has 1 aliphatic rings. The second kappa shape index (κ2) is 5.56. The van der Waals surface area contributed by atoms with E-state index in [9.17, 15) is 4.79 Å². The van der Waals surface area contributed by atoms with E-state index in [-0.39, 0.29) is 5.91 Å². The van der Waals surface area contributed by atoms with Gasteiger partial charge in [0, 0.05) is 24.0 Å². The fourth-order valence-electron chi connectivity index (χ4n) is 2.78. The van der Waals surface area contributed by atoms with Crippen LogP contribution in [0.5, 0.6) is 0 Å². The maximum atomic E-state index is 12.4. The molecule has 0 bridgehead atoms. The van der Waals surface area contributed by atoms with Crippen molar-refractivity contribution in [2.75, 3.05) is 10.6 Å². The van der Waals surface area contributed by atoms with Crippen LogP contribution in [0.2, 0.25) is 0 Å². The quantitative estimate of drug-likeness (QED) is 0.861. The van der Waals surface area contributed by atoms with Crippen molar-refractivity contribution in [3.8, 4) is 0 Å². The van der Waals surface area contributed by atoms with E-state index >= 15 is 0 Å². The van der Waals surface area contributed by atoms with E-state index in [0.29, 0.717) is 13.0 Å². The Morgan fingerprint density at radius 2 is 2.14 bits per heavy atom. The molecule has 0 atom stereocenters. The van der Waals surface area contributed by atoms with Crippen LogP contribution < -0.4 is 10.6 Å². The number of hydrogen-bond donors (Lipinski definition) is 1. The van der Waals surface area contributed by atoms with Crippen LogP contribution >= 0.6 is 0 Å². The molecule has 2 heterocycles. The van der Waals surface area contributed by atoms with Gasteiger partial charge in [-0.2, -0.15) is 0 Å². The lowest BCUT2D eigenvalue weighted by molar-refractivity contribution is -0.118. The molecule has 0 aliphatic carbocycles. The number of amides is 1. The largest absolute Gasteiger partial charge is 0.399 e. The van der Waals surface area contributed by atoms with Crippen LogP contribution in [0.3, 0.4) is 0 Å². The Kier molecular flexibility index (Phi) is 3.60. The number of nitrogens with two attached hydrogens (primary N) is 1. The highest BCUT2D eigenvalue weighted by molar-refractivity contribution is 5.95. The standard InChI is InChI=1S/C17H19N3O/c1-12-4-3-9-19-15(12)11-20-16-8-7-14(18)10-13(16)5-2-6-17(20)21/h3-4,7-10H,2,5-6,11,18H2,1H3. The number of aromatic nitrogens is 1. The molecular formula is C17H19N3O. The van der Waals surface area contributed by atoms with E-state index in [4.69, 9.17) is 5.73 Å². The highest BCUT2D eigenvalue weighted by atomic mass is 16.2. The second-order valence-electron chi connectivity index (χ2n) is 5.49. The molecule has 1 amide bonds. The van der Waals surface area contributed by atoms with Crippen LogP contribution in [0.1, 0.15) is 29.7 Å². The zero-order chi connectivity index (χ0) is 14.8. The fraction of sp³-hybridized carbons (Fsp3) is 0.294. The average molecular weight is 281 g/mol. The van der Waals surface area contributed by atoms with E-state index in [1.54, 1.807) is 6.20 Å². The Morgan fingerprint density at radius 1 is 1.29 bits per heavy atom. The molecule has 4 heteroatoms. The molecule has 4 nitrogen and oxygen atoms in total. The van der Waals surface area contributed by atoms with Crippen LogP contribution in [0.25, 0.3) is 0 Å². The molecule has 1 aromatic carbocycles. The minimum Gasteiger partial charge on any atom is -0.399 e. The van der Waals surface area contributed by atoms with Crippen LogP contribution in [0.4, 0.5) is 11.4 Å². The number of aryl methyl sites for hydroxylation is 2. The van der Waals surface area contributed by atoms with Gasteiger partial charge in [0.15, 0.2) is 0 Å². The third-order valence-electron chi connectivity index (χ3n) is 3.96. The normalized spacial score (nSPS) is 14.7. The topological polar surface area (TPSA) is 59.2 Å². The third-order valence-corrected chi connectivity index (χ3v) is 3.96. The van der Waals surface area contributed by atoms with E-state index in [1.165, 1.54) is 0 Å². The minimum absolute atomic E-state index is 0.156. The second-order valence-corrected chi connectivity index (χ2v) is 5.49. The summed E-state index contributed by atoms with van der Waals surface area (Å²) in [6.45, 7) is 2.54. The predicted octanol–water partition coefficient (Wildman–Crippen LogP) is 2.84. The van der Waals surface area contributed by atoms with Gasteiger partial charge in [0.2, 0.25) is 5.91 Å². The molecule has 0 saturated carbocycles. The molecule has 0 fully saturated rings. The Balaban J connectivity index is 2.00. The fourth-order valence-corrected chi connectivity index (χ4v) is 2.78. The summed E-state index contributed by atoms with van der Waals surface area (Å²) < 4.78 is 0. The van der Waals surface area contributed by atoms with Gasteiger partial charge in [-0.15, -0.1) is 0 Å². The van der Waals surface area contributed by atoms with Crippen LogP contribution in [0.15, 0.2) is 36.5 Å². The number of carbonyl (C=O) groups is 1. The minimum atomic E-state index is 0.156. The van der Waals surface area contributed by atoms with Crippen molar-refractivity contribution in [2.24, 2.45) is 0 Å². The van der Waals surface area contributed by atoms with E-state index in [2.05, 4.69) is 4.98 Å². The summed E-state index contributed by atoms with van der Waals surface area (Å²) in [5.41, 5.74) is 10.8. The lowest BCUT2D eigenvalue weighted by atomic mass is 10.1. The molecular weight excluding hydrogens is 262 g/mol. The summed E-state index contributed by atoms with van der Waals surface area (Å²) in [6.07, 6.45) is 4.10. The number of benzene rings is 1. The molecule has 0 spiro atoms. The molecule has 2 N–H and O–H groups in total. The number of fused-ring (bicyclic) bond motifs is 1. The predicted molar refractivity (Wildman–Crippen MR) is 84.0 cm³/mol. The number of rotatable bonds is 2. The maximum absolute atomic E-state index is 12.4. The van der Waals surface area contributed by atoms with Crippen molar-refractivity contribution in [1.29, 1.82) is 0 Å². The zero-order valence-corrected chi connectivity index (χ0v) is 12.2. The zero-order valence-electron chi connectivity index (χ0n) is 12.2. The molecule has 108 valence electrons. The summed E-state index contributed by atoms with van der Waals surface area (Å²) in [4.78, 5) is 18.7. The molecule has 2 aromatic rings. The van der Waals surface area contributed by atoms with Gasteiger partial charge in [0.05, 0.1) is 12.2 Å². The monoisotopic (exact) mass is 281 g/mol.